The number of amides is 2. The summed E-state index contributed by atoms with van der Waals surface area (Å²) in [6.45, 7) is 3.45. The molecule has 0 aromatic heterocycles. The number of aryl methyl sites for hydroxylation is 2. The average molecular weight is 533 g/mol. The number of nitrogens with one attached hydrogen (secondary N) is 1. The number of esters is 1. The molecule has 1 unspecified atom stereocenters. The Bertz CT molecular complexity index is 1220. The summed E-state index contributed by atoms with van der Waals surface area (Å²) >= 11 is 1.29. The smallest absolute Gasteiger partial charge is 0.548 e. The summed E-state index contributed by atoms with van der Waals surface area (Å²) in [6, 6.07) is 12.0. The van der Waals surface area contributed by atoms with E-state index in [1.165, 1.54) is 22.2 Å². The van der Waals surface area contributed by atoms with Crippen LogP contribution in [0.25, 0.3) is 0 Å². The molecule has 0 bridgehead atoms. The molecule has 1 aliphatic carbocycles. The molecule has 2 aromatic carbocycles. The summed E-state index contributed by atoms with van der Waals surface area (Å²) < 4.78 is 4.85. The van der Waals surface area contributed by atoms with Gasteiger partial charge in [0.05, 0.1) is 12.0 Å². The number of ether oxygens (including phenoxy) is 1. The summed E-state index contributed by atoms with van der Waals surface area (Å²) in [5, 5.41) is 13.8. The monoisotopic (exact) mass is 532 g/mol. The Hall–Kier alpha value is -1.69. The second-order valence-electron chi connectivity index (χ2n) is 9.61. The zero-order valence-electron chi connectivity index (χ0n) is 20.4. The first-order valence-corrected chi connectivity index (χ1v) is 12.4. The van der Waals surface area contributed by atoms with Gasteiger partial charge in [-0.05, 0) is 61.9 Å². The van der Waals surface area contributed by atoms with Gasteiger partial charge in [0.1, 0.15) is 17.2 Å². The molecule has 2 aromatic rings. The van der Waals surface area contributed by atoms with E-state index in [1.54, 1.807) is 50.2 Å². The second-order valence-corrected chi connectivity index (χ2v) is 11.4. The van der Waals surface area contributed by atoms with Gasteiger partial charge in [-0.2, -0.15) is 0 Å². The maximum atomic E-state index is 13.4. The van der Waals surface area contributed by atoms with Gasteiger partial charge in [-0.15, -0.1) is 11.8 Å². The number of carboxylic acids is 1. The molecule has 0 radical (unpaired) electrons. The van der Waals surface area contributed by atoms with E-state index in [4.69, 9.17) is 4.74 Å². The number of fused-ring (bicyclic) bond motifs is 2. The predicted octanol–water partition coefficient (Wildman–Crippen LogP) is -1.83. The summed E-state index contributed by atoms with van der Waals surface area (Å²) in [5.74, 6) is -4.17. The molecule has 0 spiro atoms. The standard InChI is InChI=1S/C26H26N2O6S.K/c1-26(2)20(24(31)32)28-22(30)19(23(28)35-26)27-21(29)18(15-7-4-3-5-8-15)25(33)34-17-12-11-14-9-6-10-16(14)13-17;/h3-5,7-8,11-13,18-20,23H,6,9-10H2,1-2H3,(H,27,29)(H,31,32);/q;+1/p-1/t18?,19-,20+,23-;/m1./s1. The fourth-order valence-corrected chi connectivity index (χ4v) is 6.81. The van der Waals surface area contributed by atoms with Gasteiger partial charge >= 0.3 is 57.4 Å². The van der Waals surface area contributed by atoms with E-state index in [0.717, 1.165) is 24.8 Å². The van der Waals surface area contributed by atoms with E-state index in [0.29, 0.717) is 11.3 Å². The van der Waals surface area contributed by atoms with E-state index < -0.39 is 51.9 Å². The van der Waals surface area contributed by atoms with E-state index in [9.17, 15) is 24.3 Å². The Morgan fingerprint density at radius 2 is 1.81 bits per heavy atom. The molecule has 2 heterocycles. The average Bonchev–Trinajstić information content (AvgIpc) is 3.38. The summed E-state index contributed by atoms with van der Waals surface area (Å²) in [5.41, 5.74) is 2.81. The summed E-state index contributed by atoms with van der Waals surface area (Å²) in [6.07, 6.45) is 2.98. The molecular formula is C26H25KN2O6S. The minimum atomic E-state index is -1.33. The van der Waals surface area contributed by atoms with Gasteiger partial charge in [-0.25, -0.2) is 0 Å². The molecule has 2 amide bonds. The van der Waals surface area contributed by atoms with Crippen molar-refractivity contribution >= 4 is 35.5 Å². The molecule has 8 nitrogen and oxygen atoms in total. The van der Waals surface area contributed by atoms with Gasteiger partial charge in [-0.1, -0.05) is 36.4 Å². The molecule has 5 rings (SSSR count). The maximum Gasteiger partial charge on any atom is 1.00 e. The largest absolute Gasteiger partial charge is 1.00 e. The van der Waals surface area contributed by atoms with Crippen molar-refractivity contribution in [1.29, 1.82) is 0 Å². The number of thioether (sulfide) groups is 1. The first-order valence-electron chi connectivity index (χ1n) is 11.6. The van der Waals surface area contributed by atoms with Crippen molar-refractivity contribution in [1.82, 2.24) is 10.2 Å². The quantitative estimate of drug-likeness (QED) is 0.153. The number of aliphatic carboxylic acids is 1. The van der Waals surface area contributed by atoms with Crippen molar-refractivity contribution in [3.05, 3.63) is 65.2 Å². The number of carbonyl (C=O) groups excluding carboxylic acids is 4. The SMILES string of the molecule is CC1(C)S[C@@H]2[C@H](NC(=O)C(C(=O)Oc3ccc4c(c3)CCC4)c3ccccc3)C(=O)N2[C@H]1C(=O)[O-].[K+]. The number of carbonyl (C=O) groups is 4. The third kappa shape index (κ3) is 4.91. The van der Waals surface area contributed by atoms with Crippen molar-refractivity contribution in [2.24, 2.45) is 0 Å². The Kier molecular flexibility index (Phi) is 8.04. The minimum Gasteiger partial charge on any atom is -0.548 e. The molecule has 10 heteroatoms. The van der Waals surface area contributed by atoms with Gasteiger partial charge < -0.3 is 24.9 Å². The second kappa shape index (κ2) is 10.6. The van der Waals surface area contributed by atoms with Gasteiger partial charge in [-0.3, -0.25) is 14.4 Å². The number of rotatable bonds is 6. The minimum absolute atomic E-state index is 0. The number of hydrogen-bond acceptors (Lipinski definition) is 7. The van der Waals surface area contributed by atoms with Crippen LogP contribution in [0, 0.1) is 0 Å². The van der Waals surface area contributed by atoms with Crippen LogP contribution in [0.5, 0.6) is 5.75 Å². The van der Waals surface area contributed by atoms with E-state index in [1.807, 2.05) is 12.1 Å². The first-order chi connectivity index (χ1) is 16.7. The first kappa shape index (κ1) is 27.3. The van der Waals surface area contributed by atoms with Crippen LogP contribution in [0.1, 0.15) is 42.9 Å². The fourth-order valence-electron chi connectivity index (χ4n) is 5.19. The molecule has 182 valence electrons. The van der Waals surface area contributed by atoms with Gasteiger partial charge in [0.25, 0.3) is 0 Å². The Morgan fingerprint density at radius 1 is 1.11 bits per heavy atom. The molecule has 4 atom stereocenters. The van der Waals surface area contributed by atoms with Crippen molar-refractivity contribution in [3.63, 3.8) is 0 Å². The van der Waals surface area contributed by atoms with Crippen molar-refractivity contribution < 1.29 is 80.4 Å². The van der Waals surface area contributed by atoms with Crippen molar-refractivity contribution in [2.75, 3.05) is 0 Å². The van der Waals surface area contributed by atoms with Crippen LogP contribution in [-0.2, 0) is 32.0 Å². The van der Waals surface area contributed by atoms with Crippen LogP contribution in [0.2, 0.25) is 0 Å². The van der Waals surface area contributed by atoms with Crippen molar-refractivity contribution in [2.45, 2.75) is 61.2 Å². The van der Waals surface area contributed by atoms with Crippen LogP contribution in [-0.4, -0.2) is 50.9 Å². The van der Waals surface area contributed by atoms with Gasteiger partial charge in [0, 0.05) is 4.75 Å². The zero-order valence-corrected chi connectivity index (χ0v) is 24.3. The Balaban J connectivity index is 0.00000304. The predicted molar refractivity (Wildman–Crippen MR) is 126 cm³/mol. The van der Waals surface area contributed by atoms with E-state index >= 15 is 0 Å². The third-order valence-corrected chi connectivity index (χ3v) is 8.45. The molecule has 2 fully saturated rings. The number of benzene rings is 2. The molecule has 2 saturated heterocycles. The molecule has 36 heavy (non-hydrogen) atoms. The normalized spacial score (nSPS) is 24.0. The van der Waals surface area contributed by atoms with Crippen molar-refractivity contribution in [3.8, 4) is 5.75 Å². The van der Waals surface area contributed by atoms with Crippen LogP contribution in [0.4, 0.5) is 0 Å². The summed E-state index contributed by atoms with van der Waals surface area (Å²) in [4.78, 5) is 52.3. The summed E-state index contributed by atoms with van der Waals surface area (Å²) in [7, 11) is 0. The number of carboxylic acid groups (broad SMARTS) is 1. The molecule has 1 N–H and O–H groups in total. The molecule has 2 aliphatic heterocycles. The maximum absolute atomic E-state index is 13.4. The van der Waals surface area contributed by atoms with Crippen LogP contribution in [0.3, 0.4) is 0 Å². The van der Waals surface area contributed by atoms with Crippen LogP contribution in [0.15, 0.2) is 48.5 Å². The van der Waals surface area contributed by atoms with Crippen LogP contribution < -0.4 is 66.5 Å². The fraction of sp³-hybridized carbons (Fsp3) is 0.385. The van der Waals surface area contributed by atoms with Gasteiger partial charge in [0.15, 0.2) is 5.92 Å². The third-order valence-electron chi connectivity index (χ3n) is 6.88. The Labute approximate surface area is 255 Å². The number of β-lactam (4-membered cyclic amide) rings is 1. The van der Waals surface area contributed by atoms with Gasteiger partial charge in [0.2, 0.25) is 11.8 Å². The Morgan fingerprint density at radius 3 is 2.50 bits per heavy atom. The van der Waals surface area contributed by atoms with E-state index in [2.05, 4.69) is 5.32 Å². The number of nitrogens with zero attached hydrogens (tertiary/aromatic N) is 1. The van der Waals surface area contributed by atoms with Crippen LogP contribution >= 0.6 is 11.8 Å². The molecular weight excluding hydrogens is 507 g/mol. The van der Waals surface area contributed by atoms with E-state index in [-0.39, 0.29) is 51.4 Å². The molecule has 0 saturated carbocycles. The zero-order chi connectivity index (χ0) is 24.9. The topological polar surface area (TPSA) is 116 Å². The molecule has 3 aliphatic rings. The number of hydrogen-bond donors (Lipinski definition) is 1.